The fourth-order valence-electron chi connectivity index (χ4n) is 3.16. The first-order chi connectivity index (χ1) is 17.3. The molecule has 3 aromatic rings. The minimum absolute atomic E-state index is 0.0452. The van der Waals surface area contributed by atoms with Crippen LogP contribution in [0.3, 0.4) is 0 Å². The number of nitrogens with one attached hydrogen (secondary N) is 1. The molecule has 1 N–H and O–H groups in total. The second kappa shape index (κ2) is 13.2. The maximum absolute atomic E-state index is 12.7. The molecule has 1 amide bonds. The number of amides is 1. The number of benzene rings is 3. The van der Waals surface area contributed by atoms with E-state index in [-0.39, 0.29) is 18.7 Å². The van der Waals surface area contributed by atoms with Crippen molar-refractivity contribution in [2.45, 2.75) is 20.1 Å². The molecule has 36 heavy (non-hydrogen) atoms. The lowest BCUT2D eigenvalue weighted by molar-refractivity contribution is -0.117. The van der Waals surface area contributed by atoms with Gasteiger partial charge in [-0.15, -0.1) is 0 Å². The smallest absolute Gasteiger partial charge is 0.262 e. The molecule has 0 saturated heterocycles. The van der Waals surface area contributed by atoms with E-state index in [0.717, 1.165) is 16.9 Å². The first-order valence-corrected chi connectivity index (χ1v) is 12.5. The number of nitriles is 1. The molecule has 0 aliphatic rings. The highest BCUT2D eigenvalue weighted by molar-refractivity contribution is 9.10. The molecule has 0 atom stereocenters. The molecule has 9 heteroatoms. The highest BCUT2D eigenvalue weighted by Crippen LogP contribution is 2.36. The Morgan fingerprint density at radius 1 is 1.03 bits per heavy atom. The van der Waals surface area contributed by atoms with E-state index in [0.29, 0.717) is 38.2 Å². The second-order valence-electron chi connectivity index (χ2n) is 7.49. The van der Waals surface area contributed by atoms with E-state index >= 15 is 0 Å². The number of halogens is 3. The zero-order chi connectivity index (χ0) is 26.1. The molecule has 0 spiro atoms. The third kappa shape index (κ3) is 7.41. The Labute approximate surface area is 228 Å². The van der Waals surface area contributed by atoms with E-state index in [2.05, 4.69) is 21.2 Å². The van der Waals surface area contributed by atoms with Crippen LogP contribution < -0.4 is 19.5 Å². The van der Waals surface area contributed by atoms with Gasteiger partial charge in [-0.2, -0.15) is 5.26 Å². The van der Waals surface area contributed by atoms with Crippen LogP contribution in [0.15, 0.2) is 64.6 Å². The van der Waals surface area contributed by atoms with Gasteiger partial charge in [-0.25, -0.2) is 0 Å². The molecule has 0 saturated carbocycles. The fourth-order valence-corrected chi connectivity index (χ4v) is 3.92. The standard InChI is InChI=1S/C27H23BrCl2N2O4/c1-3-35-25-12-19(22(28)13-26(25)36-16-18-6-9-23(29)24(30)10-18)11-20(14-31)27(33)32-15-17-4-7-21(34-2)8-5-17/h4-13H,3,15-16H2,1-2H3,(H,32,33)/b20-11-. The maximum atomic E-state index is 12.7. The lowest BCUT2D eigenvalue weighted by Crippen LogP contribution is -2.23. The number of hydrogen-bond acceptors (Lipinski definition) is 5. The van der Waals surface area contributed by atoms with Gasteiger partial charge in [0, 0.05) is 11.0 Å². The summed E-state index contributed by atoms with van der Waals surface area (Å²) in [5, 5.41) is 13.3. The number of carbonyl (C=O) groups is 1. The third-order valence-corrected chi connectivity index (χ3v) is 6.44. The van der Waals surface area contributed by atoms with Gasteiger partial charge in [0.25, 0.3) is 5.91 Å². The highest BCUT2D eigenvalue weighted by atomic mass is 79.9. The summed E-state index contributed by atoms with van der Waals surface area (Å²) in [4.78, 5) is 12.7. The largest absolute Gasteiger partial charge is 0.497 e. The van der Waals surface area contributed by atoms with Crippen LogP contribution in [-0.4, -0.2) is 19.6 Å². The van der Waals surface area contributed by atoms with E-state index in [1.807, 2.05) is 31.2 Å². The van der Waals surface area contributed by atoms with Gasteiger partial charge in [-0.3, -0.25) is 4.79 Å². The summed E-state index contributed by atoms with van der Waals surface area (Å²) < 4.78 is 17.5. The van der Waals surface area contributed by atoms with Crippen LogP contribution in [0.1, 0.15) is 23.6 Å². The molecule has 186 valence electrons. The summed E-state index contributed by atoms with van der Waals surface area (Å²) in [6.45, 7) is 2.78. The zero-order valence-electron chi connectivity index (χ0n) is 19.6. The molecule has 3 aromatic carbocycles. The number of methoxy groups -OCH3 is 1. The Kier molecular flexibility index (Phi) is 10.1. The normalized spacial score (nSPS) is 10.9. The first kappa shape index (κ1) is 27.4. The summed E-state index contributed by atoms with van der Waals surface area (Å²) in [7, 11) is 1.59. The summed E-state index contributed by atoms with van der Waals surface area (Å²) >= 11 is 15.6. The zero-order valence-corrected chi connectivity index (χ0v) is 22.7. The van der Waals surface area contributed by atoms with Gasteiger partial charge in [-0.05, 0) is 66.1 Å². The van der Waals surface area contributed by atoms with Gasteiger partial charge in [-0.1, -0.05) is 57.3 Å². The van der Waals surface area contributed by atoms with Gasteiger partial charge >= 0.3 is 0 Å². The SMILES string of the molecule is CCOc1cc(/C=C(/C#N)C(=O)NCc2ccc(OC)cc2)c(Br)cc1OCc1ccc(Cl)c(Cl)c1. The van der Waals surface area contributed by atoms with Crippen molar-refractivity contribution in [2.24, 2.45) is 0 Å². The third-order valence-electron chi connectivity index (χ3n) is 5.02. The van der Waals surface area contributed by atoms with Crippen molar-refractivity contribution in [3.8, 4) is 23.3 Å². The summed E-state index contributed by atoms with van der Waals surface area (Å²) in [6, 6.07) is 18.0. The Hall–Kier alpha value is -3.18. The Morgan fingerprint density at radius 3 is 2.36 bits per heavy atom. The van der Waals surface area contributed by atoms with Gasteiger partial charge in [0.1, 0.15) is 24.0 Å². The molecular formula is C27H23BrCl2N2O4. The van der Waals surface area contributed by atoms with Crippen molar-refractivity contribution in [3.05, 3.63) is 91.4 Å². The van der Waals surface area contributed by atoms with E-state index in [4.69, 9.17) is 37.4 Å². The number of hydrogen-bond donors (Lipinski definition) is 1. The van der Waals surface area contributed by atoms with Gasteiger partial charge in [0.2, 0.25) is 0 Å². The van der Waals surface area contributed by atoms with Crippen molar-refractivity contribution in [3.63, 3.8) is 0 Å². The summed E-state index contributed by atoms with van der Waals surface area (Å²) in [5.74, 6) is 1.21. The number of nitrogens with zero attached hydrogens (tertiary/aromatic N) is 1. The minimum Gasteiger partial charge on any atom is -0.497 e. The predicted molar refractivity (Wildman–Crippen MR) is 145 cm³/mol. The Bertz CT molecular complexity index is 1300. The monoisotopic (exact) mass is 588 g/mol. The van der Waals surface area contributed by atoms with E-state index in [9.17, 15) is 10.1 Å². The number of ether oxygens (including phenoxy) is 3. The van der Waals surface area contributed by atoms with Crippen molar-refractivity contribution in [2.75, 3.05) is 13.7 Å². The van der Waals surface area contributed by atoms with Crippen molar-refractivity contribution in [1.29, 1.82) is 5.26 Å². The Morgan fingerprint density at radius 2 is 1.72 bits per heavy atom. The molecule has 6 nitrogen and oxygen atoms in total. The van der Waals surface area contributed by atoms with Crippen molar-refractivity contribution >= 4 is 51.1 Å². The molecule has 0 radical (unpaired) electrons. The molecule has 0 fully saturated rings. The van der Waals surface area contributed by atoms with Crippen LogP contribution in [-0.2, 0) is 17.9 Å². The average Bonchev–Trinajstić information content (AvgIpc) is 2.88. The van der Waals surface area contributed by atoms with Crippen LogP contribution in [0.5, 0.6) is 17.2 Å². The lowest BCUT2D eigenvalue weighted by atomic mass is 10.1. The predicted octanol–water partition coefficient (Wildman–Crippen LogP) is 6.97. The molecular weight excluding hydrogens is 567 g/mol. The van der Waals surface area contributed by atoms with Gasteiger partial charge in [0.15, 0.2) is 11.5 Å². The van der Waals surface area contributed by atoms with Gasteiger partial charge < -0.3 is 19.5 Å². The topological polar surface area (TPSA) is 80.6 Å². The molecule has 0 bridgehead atoms. The highest BCUT2D eigenvalue weighted by Gasteiger charge is 2.14. The molecule has 0 unspecified atom stereocenters. The summed E-state index contributed by atoms with van der Waals surface area (Å²) in [6.07, 6.45) is 1.50. The fraction of sp³-hybridized carbons (Fsp3) is 0.185. The maximum Gasteiger partial charge on any atom is 0.262 e. The molecule has 0 aliphatic carbocycles. The Balaban J connectivity index is 1.77. The first-order valence-electron chi connectivity index (χ1n) is 10.9. The van der Waals surface area contributed by atoms with Crippen LogP contribution in [0.2, 0.25) is 10.0 Å². The van der Waals surface area contributed by atoms with Crippen LogP contribution in [0.25, 0.3) is 6.08 Å². The lowest BCUT2D eigenvalue weighted by Gasteiger charge is -2.14. The van der Waals surface area contributed by atoms with E-state index in [1.165, 1.54) is 6.08 Å². The second-order valence-corrected chi connectivity index (χ2v) is 9.16. The number of rotatable bonds is 10. The minimum atomic E-state index is -0.488. The molecule has 0 aromatic heterocycles. The van der Waals surface area contributed by atoms with E-state index < -0.39 is 5.91 Å². The van der Waals surface area contributed by atoms with Gasteiger partial charge in [0.05, 0.1) is 23.8 Å². The van der Waals surface area contributed by atoms with Crippen LogP contribution in [0.4, 0.5) is 0 Å². The molecule has 3 rings (SSSR count). The molecule has 0 heterocycles. The van der Waals surface area contributed by atoms with E-state index in [1.54, 1.807) is 43.5 Å². The number of carbonyl (C=O) groups excluding carboxylic acids is 1. The quantitative estimate of drug-likeness (QED) is 0.204. The summed E-state index contributed by atoms with van der Waals surface area (Å²) in [5.41, 5.74) is 2.27. The molecule has 0 aliphatic heterocycles. The van der Waals surface area contributed by atoms with Crippen LogP contribution >= 0.6 is 39.1 Å². The van der Waals surface area contributed by atoms with Crippen molar-refractivity contribution < 1.29 is 19.0 Å². The van der Waals surface area contributed by atoms with Crippen molar-refractivity contribution in [1.82, 2.24) is 5.32 Å². The van der Waals surface area contributed by atoms with Crippen LogP contribution in [0, 0.1) is 11.3 Å². The average molecular weight is 590 g/mol.